The second-order valence-electron chi connectivity index (χ2n) is 7.31. The fourth-order valence-electron chi connectivity index (χ4n) is 3.70. The highest BCUT2D eigenvalue weighted by Gasteiger charge is 2.28. The van der Waals surface area contributed by atoms with Crippen molar-refractivity contribution in [2.75, 3.05) is 5.32 Å². The molecular weight excluding hydrogens is 350 g/mol. The molecule has 1 heterocycles. The minimum atomic E-state index is -0.435. The summed E-state index contributed by atoms with van der Waals surface area (Å²) >= 11 is 0. The SMILES string of the molecule is Cc1noc(C)c1-c1ccc(NC(=O)C(N)C2CCC(C)CC2)cc1.Cl. The number of hydrogen-bond acceptors (Lipinski definition) is 4. The summed E-state index contributed by atoms with van der Waals surface area (Å²) < 4.78 is 5.21. The van der Waals surface area contributed by atoms with Crippen LogP contribution in [0.25, 0.3) is 11.1 Å². The van der Waals surface area contributed by atoms with Gasteiger partial charge in [-0.1, -0.05) is 37.1 Å². The van der Waals surface area contributed by atoms with E-state index >= 15 is 0 Å². The zero-order chi connectivity index (χ0) is 18.0. The lowest BCUT2D eigenvalue weighted by molar-refractivity contribution is -0.118. The van der Waals surface area contributed by atoms with Crippen LogP contribution in [-0.2, 0) is 4.79 Å². The third-order valence-corrected chi connectivity index (χ3v) is 5.35. The van der Waals surface area contributed by atoms with Gasteiger partial charge in [-0.15, -0.1) is 12.4 Å². The van der Waals surface area contributed by atoms with Gasteiger partial charge >= 0.3 is 0 Å². The van der Waals surface area contributed by atoms with Crippen molar-refractivity contribution in [3.8, 4) is 11.1 Å². The molecule has 1 aliphatic carbocycles. The molecule has 1 aromatic heterocycles. The molecule has 1 saturated carbocycles. The van der Waals surface area contributed by atoms with Gasteiger partial charge in [0.05, 0.1) is 11.7 Å². The largest absolute Gasteiger partial charge is 0.361 e. The number of halogens is 1. The Bertz CT molecular complexity index is 715. The molecule has 2 aromatic rings. The third-order valence-electron chi connectivity index (χ3n) is 5.35. The first-order valence-electron chi connectivity index (χ1n) is 9.05. The van der Waals surface area contributed by atoms with Crippen LogP contribution in [0.3, 0.4) is 0 Å². The average Bonchev–Trinajstić information content (AvgIpc) is 2.94. The number of benzene rings is 1. The first kappa shape index (κ1) is 20.5. The summed E-state index contributed by atoms with van der Waals surface area (Å²) in [6.07, 6.45) is 4.41. The number of hydrogen-bond donors (Lipinski definition) is 2. The molecule has 142 valence electrons. The van der Waals surface area contributed by atoms with E-state index in [0.29, 0.717) is 0 Å². The number of nitrogens with two attached hydrogens (primary N) is 1. The maximum Gasteiger partial charge on any atom is 0.241 e. The summed E-state index contributed by atoms with van der Waals surface area (Å²) in [6, 6.07) is 7.30. The number of carbonyl (C=O) groups excluding carboxylic acids is 1. The monoisotopic (exact) mass is 377 g/mol. The van der Waals surface area contributed by atoms with Crippen LogP contribution >= 0.6 is 12.4 Å². The van der Waals surface area contributed by atoms with E-state index in [1.165, 1.54) is 0 Å². The molecule has 3 rings (SSSR count). The Morgan fingerprint density at radius 1 is 1.19 bits per heavy atom. The second-order valence-corrected chi connectivity index (χ2v) is 7.31. The van der Waals surface area contributed by atoms with E-state index in [1.54, 1.807) is 0 Å². The summed E-state index contributed by atoms with van der Waals surface area (Å²) in [5, 5.41) is 6.93. The van der Waals surface area contributed by atoms with E-state index in [2.05, 4.69) is 17.4 Å². The zero-order valence-corrected chi connectivity index (χ0v) is 16.4. The molecular formula is C20H28ClN3O2. The molecule has 0 aliphatic heterocycles. The molecule has 0 bridgehead atoms. The minimum Gasteiger partial charge on any atom is -0.361 e. The molecule has 3 N–H and O–H groups in total. The Kier molecular flexibility index (Phi) is 6.84. The quantitative estimate of drug-likeness (QED) is 0.823. The van der Waals surface area contributed by atoms with Crippen molar-refractivity contribution in [3.63, 3.8) is 0 Å². The Hall–Kier alpha value is -1.85. The van der Waals surface area contributed by atoms with Crippen molar-refractivity contribution in [1.82, 2.24) is 5.16 Å². The Morgan fingerprint density at radius 3 is 2.35 bits per heavy atom. The Balaban J connectivity index is 0.00000243. The van der Waals surface area contributed by atoms with Crippen LogP contribution in [0.5, 0.6) is 0 Å². The lowest BCUT2D eigenvalue weighted by Gasteiger charge is -2.29. The van der Waals surface area contributed by atoms with Gasteiger partial charge in [-0.3, -0.25) is 4.79 Å². The maximum atomic E-state index is 12.5. The van der Waals surface area contributed by atoms with Gasteiger partial charge in [0.2, 0.25) is 5.91 Å². The van der Waals surface area contributed by atoms with Gasteiger partial charge in [-0.25, -0.2) is 0 Å². The van der Waals surface area contributed by atoms with Crippen LogP contribution in [0, 0.1) is 25.7 Å². The Morgan fingerprint density at radius 2 is 1.81 bits per heavy atom. The number of nitrogens with one attached hydrogen (secondary N) is 1. The van der Waals surface area contributed by atoms with Crippen molar-refractivity contribution in [1.29, 1.82) is 0 Å². The van der Waals surface area contributed by atoms with E-state index in [1.807, 2.05) is 38.1 Å². The highest BCUT2D eigenvalue weighted by Crippen LogP contribution is 2.31. The van der Waals surface area contributed by atoms with Crippen LogP contribution in [0.4, 0.5) is 5.69 Å². The molecule has 0 spiro atoms. The zero-order valence-electron chi connectivity index (χ0n) is 15.6. The van der Waals surface area contributed by atoms with Gasteiger partial charge < -0.3 is 15.6 Å². The fourth-order valence-corrected chi connectivity index (χ4v) is 3.70. The van der Waals surface area contributed by atoms with Crippen LogP contribution in [0.1, 0.15) is 44.1 Å². The normalized spacial score (nSPS) is 20.9. The predicted octanol–water partition coefficient (Wildman–Crippen LogP) is 4.47. The third kappa shape index (κ3) is 4.46. The molecule has 1 aliphatic rings. The number of aromatic nitrogens is 1. The predicted molar refractivity (Wildman–Crippen MR) is 106 cm³/mol. The highest BCUT2D eigenvalue weighted by atomic mass is 35.5. The van der Waals surface area contributed by atoms with Crippen molar-refractivity contribution >= 4 is 24.0 Å². The van der Waals surface area contributed by atoms with E-state index in [0.717, 1.165) is 59.9 Å². The lowest BCUT2D eigenvalue weighted by atomic mass is 9.79. The smallest absolute Gasteiger partial charge is 0.241 e. The van der Waals surface area contributed by atoms with Crippen molar-refractivity contribution < 1.29 is 9.32 Å². The van der Waals surface area contributed by atoms with Crippen LogP contribution in [0.15, 0.2) is 28.8 Å². The van der Waals surface area contributed by atoms with E-state index in [9.17, 15) is 4.79 Å². The molecule has 1 atom stereocenters. The minimum absolute atomic E-state index is 0. The summed E-state index contributed by atoms with van der Waals surface area (Å²) in [5.41, 5.74) is 9.86. The van der Waals surface area contributed by atoms with Gasteiger partial charge in [0, 0.05) is 11.3 Å². The highest BCUT2D eigenvalue weighted by molar-refractivity contribution is 5.95. The number of amides is 1. The van der Waals surface area contributed by atoms with E-state index in [-0.39, 0.29) is 24.2 Å². The fraction of sp³-hybridized carbons (Fsp3) is 0.500. The lowest BCUT2D eigenvalue weighted by Crippen LogP contribution is -2.43. The summed E-state index contributed by atoms with van der Waals surface area (Å²) in [5.74, 6) is 1.74. The number of anilines is 1. The average molecular weight is 378 g/mol. The summed E-state index contributed by atoms with van der Waals surface area (Å²) in [4.78, 5) is 12.5. The van der Waals surface area contributed by atoms with Crippen molar-refractivity contribution in [2.45, 2.75) is 52.5 Å². The van der Waals surface area contributed by atoms with Gasteiger partial charge in [-0.2, -0.15) is 0 Å². The molecule has 1 unspecified atom stereocenters. The molecule has 0 saturated heterocycles. The summed E-state index contributed by atoms with van der Waals surface area (Å²) in [7, 11) is 0. The first-order chi connectivity index (χ1) is 12.0. The second kappa shape index (κ2) is 8.69. The number of carbonyl (C=O) groups is 1. The van der Waals surface area contributed by atoms with Crippen LogP contribution in [-0.4, -0.2) is 17.1 Å². The van der Waals surface area contributed by atoms with Gasteiger partial charge in [0.1, 0.15) is 5.76 Å². The first-order valence-corrected chi connectivity index (χ1v) is 9.05. The van der Waals surface area contributed by atoms with Crippen LogP contribution in [0.2, 0.25) is 0 Å². The molecule has 1 amide bonds. The van der Waals surface area contributed by atoms with Gasteiger partial charge in [-0.05, 0) is 56.2 Å². The molecule has 5 nitrogen and oxygen atoms in total. The summed E-state index contributed by atoms with van der Waals surface area (Å²) in [6.45, 7) is 6.09. The standard InChI is InChI=1S/C20H27N3O2.ClH/c1-12-4-6-16(7-5-12)19(21)20(24)22-17-10-8-15(9-11-17)18-13(2)23-25-14(18)3;/h8-12,16,19H,4-7,21H2,1-3H3,(H,22,24);1H. The molecule has 26 heavy (non-hydrogen) atoms. The Labute approximate surface area is 161 Å². The molecule has 6 heteroatoms. The van der Waals surface area contributed by atoms with E-state index in [4.69, 9.17) is 10.3 Å². The molecule has 1 aromatic carbocycles. The number of aryl methyl sites for hydroxylation is 2. The number of nitrogens with zero attached hydrogens (tertiary/aromatic N) is 1. The van der Waals surface area contributed by atoms with Crippen molar-refractivity contribution in [3.05, 3.63) is 35.7 Å². The van der Waals surface area contributed by atoms with Crippen molar-refractivity contribution in [2.24, 2.45) is 17.6 Å². The molecule has 1 fully saturated rings. The van der Waals surface area contributed by atoms with Crippen LogP contribution < -0.4 is 11.1 Å². The molecule has 0 radical (unpaired) electrons. The van der Waals surface area contributed by atoms with Gasteiger partial charge in [0.25, 0.3) is 0 Å². The maximum absolute atomic E-state index is 12.5. The van der Waals surface area contributed by atoms with Gasteiger partial charge in [0.15, 0.2) is 0 Å². The topological polar surface area (TPSA) is 81.2 Å². The van der Waals surface area contributed by atoms with E-state index < -0.39 is 6.04 Å². The number of rotatable bonds is 4.